The van der Waals surface area contributed by atoms with Gasteiger partial charge in [0.25, 0.3) is 5.91 Å². The molecular weight excluding hydrogens is 450 g/mol. The van der Waals surface area contributed by atoms with Crippen molar-refractivity contribution < 1.29 is 4.79 Å². The molecule has 0 fully saturated rings. The molecule has 0 aliphatic heterocycles. The first-order valence-electron chi connectivity index (χ1n) is 11.6. The normalized spacial score (nSPS) is 12.2. The molecule has 1 aromatic heterocycles. The Balaban J connectivity index is 1.64. The second-order valence-corrected chi connectivity index (χ2v) is 9.20. The fourth-order valence-corrected chi connectivity index (χ4v) is 4.27. The van der Waals surface area contributed by atoms with E-state index in [0.29, 0.717) is 5.56 Å². The third kappa shape index (κ3) is 6.67. The summed E-state index contributed by atoms with van der Waals surface area (Å²) in [5, 5.41) is 3.13. The van der Waals surface area contributed by atoms with Gasteiger partial charge >= 0.3 is 0 Å². The molecule has 0 saturated heterocycles. The second-order valence-electron chi connectivity index (χ2n) is 8.29. The third-order valence-corrected chi connectivity index (χ3v) is 6.29. The molecule has 0 bridgehead atoms. The van der Waals surface area contributed by atoms with Crippen LogP contribution in [0.4, 0.5) is 0 Å². The van der Waals surface area contributed by atoms with Gasteiger partial charge in [-0.05, 0) is 49.7 Å². The number of para-hydroxylation sites is 2. The number of rotatable bonds is 12. The summed E-state index contributed by atoms with van der Waals surface area (Å²) in [7, 11) is 0. The van der Waals surface area contributed by atoms with Gasteiger partial charge in [0, 0.05) is 16.6 Å². The molecule has 3 aromatic rings. The molecule has 31 heavy (non-hydrogen) atoms. The van der Waals surface area contributed by atoms with E-state index in [-0.39, 0.29) is 11.9 Å². The maximum Gasteiger partial charge on any atom is 0.251 e. The molecule has 1 N–H and O–H groups in total. The van der Waals surface area contributed by atoms with Crippen LogP contribution >= 0.6 is 15.9 Å². The predicted octanol–water partition coefficient (Wildman–Crippen LogP) is 7.43. The summed E-state index contributed by atoms with van der Waals surface area (Å²) >= 11 is 3.42. The SMILES string of the molecule is CCCCCCCCCCn1c(C(C)NC(=O)c2ccc(Br)cc2)nc2ccccc21. The average molecular weight is 484 g/mol. The molecule has 166 valence electrons. The highest BCUT2D eigenvalue weighted by atomic mass is 79.9. The summed E-state index contributed by atoms with van der Waals surface area (Å²) < 4.78 is 3.25. The smallest absolute Gasteiger partial charge is 0.251 e. The standard InChI is InChI=1S/C26H34BrN3O/c1-3-4-5-6-7-8-9-12-19-30-24-14-11-10-13-23(24)29-25(30)20(2)28-26(31)21-15-17-22(27)18-16-21/h10-11,13-18,20H,3-9,12,19H2,1-2H3,(H,28,31). The number of carbonyl (C=O) groups is 1. The maximum absolute atomic E-state index is 12.7. The molecule has 0 aliphatic carbocycles. The van der Waals surface area contributed by atoms with E-state index in [2.05, 4.69) is 44.9 Å². The summed E-state index contributed by atoms with van der Waals surface area (Å²) in [6.45, 7) is 5.21. The molecule has 0 radical (unpaired) electrons. The van der Waals surface area contributed by atoms with Crippen molar-refractivity contribution in [1.29, 1.82) is 0 Å². The van der Waals surface area contributed by atoms with Gasteiger partial charge in [-0.3, -0.25) is 4.79 Å². The van der Waals surface area contributed by atoms with Gasteiger partial charge in [0.2, 0.25) is 0 Å². The number of fused-ring (bicyclic) bond motifs is 1. The minimum Gasteiger partial charge on any atom is -0.342 e. The number of halogens is 1. The first kappa shape index (κ1) is 23.5. The lowest BCUT2D eigenvalue weighted by Crippen LogP contribution is -2.28. The van der Waals surface area contributed by atoms with Crippen LogP contribution in [0.15, 0.2) is 53.0 Å². The van der Waals surface area contributed by atoms with Crippen LogP contribution in [0.2, 0.25) is 0 Å². The van der Waals surface area contributed by atoms with Crippen molar-refractivity contribution in [3.63, 3.8) is 0 Å². The monoisotopic (exact) mass is 483 g/mol. The number of aromatic nitrogens is 2. The Morgan fingerprint density at radius 1 is 0.968 bits per heavy atom. The number of nitrogens with zero attached hydrogens (tertiary/aromatic N) is 2. The van der Waals surface area contributed by atoms with Gasteiger partial charge in [0.1, 0.15) is 5.82 Å². The molecule has 2 aromatic carbocycles. The lowest BCUT2D eigenvalue weighted by Gasteiger charge is -2.16. The largest absolute Gasteiger partial charge is 0.342 e. The van der Waals surface area contributed by atoms with Gasteiger partial charge in [0.05, 0.1) is 17.1 Å². The zero-order chi connectivity index (χ0) is 22.1. The predicted molar refractivity (Wildman–Crippen MR) is 132 cm³/mol. The van der Waals surface area contributed by atoms with Crippen LogP contribution in [0.1, 0.15) is 87.4 Å². The molecular formula is C26H34BrN3O. The van der Waals surface area contributed by atoms with Crippen LogP contribution in [0, 0.1) is 0 Å². The highest BCUT2D eigenvalue weighted by molar-refractivity contribution is 9.10. The van der Waals surface area contributed by atoms with Crippen molar-refractivity contribution in [3.8, 4) is 0 Å². The maximum atomic E-state index is 12.7. The number of hydrogen-bond acceptors (Lipinski definition) is 2. The lowest BCUT2D eigenvalue weighted by molar-refractivity contribution is 0.0937. The molecule has 1 unspecified atom stereocenters. The Morgan fingerprint density at radius 3 is 2.32 bits per heavy atom. The Kier molecular flexibility index (Phi) is 9.13. The first-order valence-corrected chi connectivity index (χ1v) is 12.4. The van der Waals surface area contributed by atoms with Crippen LogP contribution < -0.4 is 5.32 Å². The number of unbranched alkanes of at least 4 members (excludes halogenated alkanes) is 7. The fraction of sp³-hybridized carbons (Fsp3) is 0.462. The Morgan fingerprint density at radius 2 is 1.61 bits per heavy atom. The van der Waals surface area contributed by atoms with Crippen molar-refractivity contribution in [2.75, 3.05) is 0 Å². The molecule has 0 aliphatic rings. The van der Waals surface area contributed by atoms with Crippen molar-refractivity contribution in [2.45, 2.75) is 77.8 Å². The van der Waals surface area contributed by atoms with Crippen LogP contribution in [0.5, 0.6) is 0 Å². The summed E-state index contributed by atoms with van der Waals surface area (Å²) in [6.07, 6.45) is 10.4. The van der Waals surface area contributed by atoms with Crippen LogP contribution in [-0.4, -0.2) is 15.5 Å². The van der Waals surface area contributed by atoms with E-state index in [1.54, 1.807) is 0 Å². The Hall–Kier alpha value is -2.14. The third-order valence-electron chi connectivity index (χ3n) is 5.76. The van der Waals surface area contributed by atoms with Gasteiger partial charge in [-0.1, -0.05) is 79.9 Å². The molecule has 1 amide bonds. The van der Waals surface area contributed by atoms with Crippen molar-refractivity contribution in [3.05, 3.63) is 64.4 Å². The molecule has 5 heteroatoms. The number of benzene rings is 2. The quantitative estimate of drug-likeness (QED) is 0.272. The summed E-state index contributed by atoms with van der Waals surface area (Å²) in [5.74, 6) is 0.847. The van der Waals surface area contributed by atoms with Gasteiger partial charge < -0.3 is 9.88 Å². The Labute approximate surface area is 194 Å². The van der Waals surface area contributed by atoms with Gasteiger partial charge in [-0.15, -0.1) is 0 Å². The molecule has 1 heterocycles. The highest BCUT2D eigenvalue weighted by Gasteiger charge is 2.19. The summed E-state index contributed by atoms with van der Waals surface area (Å²) in [5.41, 5.74) is 2.78. The fourth-order valence-electron chi connectivity index (χ4n) is 4.01. The number of hydrogen-bond donors (Lipinski definition) is 1. The Bertz CT molecular complexity index is 964. The second kappa shape index (κ2) is 12.0. The van der Waals surface area contributed by atoms with Crippen molar-refractivity contribution in [2.24, 2.45) is 0 Å². The van der Waals surface area contributed by atoms with Gasteiger partial charge in [-0.25, -0.2) is 4.98 Å². The number of aryl methyl sites for hydroxylation is 1. The average Bonchev–Trinajstić information content (AvgIpc) is 3.15. The highest BCUT2D eigenvalue weighted by Crippen LogP contribution is 2.22. The van der Waals surface area contributed by atoms with Gasteiger partial charge in [0.15, 0.2) is 0 Å². The van der Waals surface area contributed by atoms with E-state index in [0.717, 1.165) is 34.3 Å². The van der Waals surface area contributed by atoms with E-state index in [1.165, 1.54) is 44.9 Å². The van der Waals surface area contributed by atoms with Gasteiger partial charge in [-0.2, -0.15) is 0 Å². The summed E-state index contributed by atoms with van der Waals surface area (Å²) in [6, 6.07) is 15.5. The van der Waals surface area contributed by atoms with E-state index in [9.17, 15) is 4.79 Å². The molecule has 1 atom stereocenters. The van der Waals surface area contributed by atoms with E-state index >= 15 is 0 Å². The molecule has 3 rings (SSSR count). The van der Waals surface area contributed by atoms with Crippen LogP contribution in [0.3, 0.4) is 0 Å². The minimum atomic E-state index is -0.169. The van der Waals surface area contributed by atoms with E-state index in [1.807, 2.05) is 43.3 Å². The van der Waals surface area contributed by atoms with E-state index in [4.69, 9.17) is 4.98 Å². The zero-order valence-electron chi connectivity index (χ0n) is 18.7. The lowest BCUT2D eigenvalue weighted by atomic mass is 10.1. The topological polar surface area (TPSA) is 46.9 Å². The number of nitrogens with one attached hydrogen (secondary N) is 1. The minimum absolute atomic E-state index is 0.0781. The first-order chi connectivity index (χ1) is 15.1. The zero-order valence-corrected chi connectivity index (χ0v) is 20.3. The number of carbonyl (C=O) groups excluding carboxylic acids is 1. The molecule has 4 nitrogen and oxygen atoms in total. The number of imidazole rings is 1. The van der Waals surface area contributed by atoms with Crippen molar-refractivity contribution >= 4 is 32.9 Å². The molecule has 0 saturated carbocycles. The summed E-state index contributed by atoms with van der Waals surface area (Å²) in [4.78, 5) is 17.6. The van der Waals surface area contributed by atoms with Crippen molar-refractivity contribution in [1.82, 2.24) is 14.9 Å². The van der Waals surface area contributed by atoms with E-state index < -0.39 is 0 Å². The van der Waals surface area contributed by atoms with Crippen LogP contribution in [0.25, 0.3) is 11.0 Å². The molecule has 0 spiro atoms. The number of amides is 1. The van der Waals surface area contributed by atoms with Crippen LogP contribution in [-0.2, 0) is 6.54 Å².